The predicted octanol–water partition coefficient (Wildman–Crippen LogP) is 1.29. The molecule has 0 spiro atoms. The molecular formula is C14H25N3O2. The Morgan fingerprint density at radius 2 is 2.21 bits per heavy atom. The first-order valence-electron chi connectivity index (χ1n) is 6.72. The minimum Gasteiger partial charge on any atom is -0.383 e. The van der Waals surface area contributed by atoms with Gasteiger partial charge in [0, 0.05) is 52.2 Å². The van der Waals surface area contributed by atoms with Gasteiger partial charge in [-0.1, -0.05) is 6.07 Å². The van der Waals surface area contributed by atoms with E-state index in [0.29, 0.717) is 0 Å². The lowest BCUT2D eigenvalue weighted by molar-refractivity contribution is 0.154. The molecule has 5 heteroatoms. The summed E-state index contributed by atoms with van der Waals surface area (Å²) in [7, 11) is 3.75. The third-order valence-electron chi connectivity index (χ3n) is 2.80. The minimum atomic E-state index is 0.718. The highest BCUT2D eigenvalue weighted by atomic mass is 16.5. The van der Waals surface area contributed by atoms with Crippen molar-refractivity contribution >= 4 is 5.82 Å². The van der Waals surface area contributed by atoms with Crippen LogP contribution in [0, 0.1) is 0 Å². The van der Waals surface area contributed by atoms with Crippen molar-refractivity contribution in [2.45, 2.75) is 13.5 Å². The van der Waals surface area contributed by atoms with Crippen LogP contribution in [0.2, 0.25) is 0 Å². The highest BCUT2D eigenvalue weighted by Gasteiger charge is 2.07. The van der Waals surface area contributed by atoms with Crippen LogP contribution in [0.4, 0.5) is 5.82 Å². The summed E-state index contributed by atoms with van der Waals surface area (Å²) in [6, 6.07) is 4.06. The van der Waals surface area contributed by atoms with Gasteiger partial charge in [0.1, 0.15) is 5.82 Å². The number of likely N-dealkylation sites (N-methyl/N-ethyl adjacent to an activating group) is 1. The third kappa shape index (κ3) is 6.00. The Hall–Kier alpha value is -1.17. The Morgan fingerprint density at radius 3 is 2.95 bits per heavy atom. The van der Waals surface area contributed by atoms with Crippen LogP contribution in [-0.4, -0.2) is 52.1 Å². The highest BCUT2D eigenvalue weighted by Crippen LogP contribution is 2.15. The molecule has 0 aromatic carbocycles. The van der Waals surface area contributed by atoms with Crippen LogP contribution in [0.25, 0.3) is 0 Å². The fourth-order valence-corrected chi connectivity index (χ4v) is 1.76. The Balaban J connectivity index is 2.51. The Kier molecular flexibility index (Phi) is 8.13. The normalized spacial score (nSPS) is 10.7. The van der Waals surface area contributed by atoms with E-state index in [1.165, 1.54) is 5.56 Å². The van der Waals surface area contributed by atoms with Crippen LogP contribution in [0.15, 0.2) is 18.3 Å². The van der Waals surface area contributed by atoms with Crippen molar-refractivity contribution in [2.75, 3.05) is 52.0 Å². The van der Waals surface area contributed by atoms with Crippen molar-refractivity contribution in [3.05, 3.63) is 23.9 Å². The van der Waals surface area contributed by atoms with Gasteiger partial charge in [0.25, 0.3) is 0 Å². The average Bonchev–Trinajstić information content (AvgIpc) is 2.44. The Morgan fingerprint density at radius 1 is 1.37 bits per heavy atom. The van der Waals surface area contributed by atoms with Gasteiger partial charge in [0.2, 0.25) is 0 Å². The lowest BCUT2D eigenvalue weighted by Gasteiger charge is -2.21. The topological polar surface area (TPSA) is 46.6 Å². The largest absolute Gasteiger partial charge is 0.383 e. The average molecular weight is 267 g/mol. The Bertz CT molecular complexity index is 347. The van der Waals surface area contributed by atoms with Crippen molar-refractivity contribution in [2.24, 2.45) is 0 Å². The zero-order valence-corrected chi connectivity index (χ0v) is 12.2. The fraction of sp³-hybridized carbons (Fsp3) is 0.643. The van der Waals surface area contributed by atoms with Crippen LogP contribution < -0.4 is 10.2 Å². The second-order valence-electron chi connectivity index (χ2n) is 4.27. The number of methoxy groups -OCH3 is 1. The summed E-state index contributed by atoms with van der Waals surface area (Å²) in [5.41, 5.74) is 1.19. The molecule has 1 heterocycles. The number of aromatic nitrogens is 1. The summed E-state index contributed by atoms with van der Waals surface area (Å²) in [6.45, 7) is 6.68. The van der Waals surface area contributed by atoms with Gasteiger partial charge < -0.3 is 19.7 Å². The van der Waals surface area contributed by atoms with E-state index < -0.39 is 0 Å². The standard InChI is InChI=1S/C14H25N3O2/c1-4-19-11-9-17(2)14-13(6-5-7-16-14)12-15-8-10-18-3/h5-7,15H,4,8-12H2,1-3H3. The second kappa shape index (κ2) is 9.72. The van der Waals surface area contributed by atoms with Gasteiger partial charge >= 0.3 is 0 Å². The van der Waals surface area contributed by atoms with Crippen LogP contribution in [0.5, 0.6) is 0 Å². The van der Waals surface area contributed by atoms with Crippen LogP contribution >= 0.6 is 0 Å². The third-order valence-corrected chi connectivity index (χ3v) is 2.80. The zero-order valence-electron chi connectivity index (χ0n) is 12.2. The number of hydrogen-bond acceptors (Lipinski definition) is 5. The van der Waals surface area contributed by atoms with E-state index in [-0.39, 0.29) is 0 Å². The van der Waals surface area contributed by atoms with Crippen molar-refractivity contribution < 1.29 is 9.47 Å². The molecule has 1 aromatic rings. The first kappa shape index (κ1) is 15.9. The number of hydrogen-bond donors (Lipinski definition) is 1. The summed E-state index contributed by atoms with van der Waals surface area (Å²) in [6.07, 6.45) is 1.82. The fourth-order valence-electron chi connectivity index (χ4n) is 1.76. The minimum absolute atomic E-state index is 0.718. The highest BCUT2D eigenvalue weighted by molar-refractivity contribution is 5.45. The van der Waals surface area contributed by atoms with Gasteiger partial charge in [0.15, 0.2) is 0 Å². The van der Waals surface area contributed by atoms with Gasteiger partial charge in [-0.15, -0.1) is 0 Å². The Labute approximate surface area is 115 Å². The number of nitrogens with one attached hydrogen (secondary N) is 1. The van der Waals surface area contributed by atoms with Crippen molar-refractivity contribution in [1.82, 2.24) is 10.3 Å². The SMILES string of the molecule is CCOCCN(C)c1ncccc1CNCCOC. The molecule has 0 bridgehead atoms. The smallest absolute Gasteiger partial charge is 0.132 e. The molecule has 0 aliphatic carbocycles. The van der Waals surface area contributed by atoms with Crippen LogP contribution in [0.1, 0.15) is 12.5 Å². The molecule has 108 valence electrons. The lowest BCUT2D eigenvalue weighted by Crippen LogP contribution is -2.26. The molecule has 0 radical (unpaired) electrons. The van der Waals surface area contributed by atoms with Gasteiger partial charge in [-0.05, 0) is 13.0 Å². The molecule has 0 saturated carbocycles. The summed E-state index contributed by atoms with van der Waals surface area (Å²) >= 11 is 0. The molecule has 1 rings (SSSR count). The van der Waals surface area contributed by atoms with Crippen LogP contribution in [0.3, 0.4) is 0 Å². The molecule has 19 heavy (non-hydrogen) atoms. The molecule has 1 aromatic heterocycles. The number of ether oxygens (including phenoxy) is 2. The number of pyridine rings is 1. The van der Waals surface area contributed by atoms with Crippen LogP contribution in [-0.2, 0) is 16.0 Å². The first-order chi connectivity index (χ1) is 9.29. The molecule has 0 saturated heterocycles. The van der Waals surface area contributed by atoms with Gasteiger partial charge in [0.05, 0.1) is 13.2 Å². The maximum Gasteiger partial charge on any atom is 0.132 e. The summed E-state index contributed by atoms with van der Waals surface area (Å²) < 4.78 is 10.4. The van der Waals surface area contributed by atoms with Crippen molar-refractivity contribution in [3.63, 3.8) is 0 Å². The zero-order chi connectivity index (χ0) is 13.9. The molecule has 0 amide bonds. The molecule has 5 nitrogen and oxygen atoms in total. The number of anilines is 1. The van der Waals surface area contributed by atoms with E-state index in [2.05, 4.69) is 21.3 Å². The summed E-state index contributed by atoms with van der Waals surface area (Å²) in [5.74, 6) is 1.01. The number of rotatable bonds is 10. The molecule has 0 aliphatic heterocycles. The van der Waals surface area contributed by atoms with Gasteiger partial charge in [-0.2, -0.15) is 0 Å². The monoisotopic (exact) mass is 267 g/mol. The second-order valence-corrected chi connectivity index (χ2v) is 4.27. The van der Waals surface area contributed by atoms with E-state index in [0.717, 1.165) is 45.3 Å². The molecule has 0 atom stereocenters. The van der Waals surface area contributed by atoms with E-state index in [1.54, 1.807) is 7.11 Å². The molecule has 0 aliphatic rings. The van der Waals surface area contributed by atoms with Gasteiger partial charge in [-0.25, -0.2) is 4.98 Å². The van der Waals surface area contributed by atoms with E-state index >= 15 is 0 Å². The summed E-state index contributed by atoms with van der Waals surface area (Å²) in [5, 5.41) is 3.34. The predicted molar refractivity (Wildman–Crippen MR) is 77.6 cm³/mol. The quantitative estimate of drug-likeness (QED) is 0.647. The number of nitrogens with zero attached hydrogens (tertiary/aromatic N) is 2. The first-order valence-corrected chi connectivity index (χ1v) is 6.72. The maximum atomic E-state index is 5.38. The van der Waals surface area contributed by atoms with Crippen molar-refractivity contribution in [3.8, 4) is 0 Å². The van der Waals surface area contributed by atoms with Gasteiger partial charge in [-0.3, -0.25) is 0 Å². The maximum absolute atomic E-state index is 5.38. The molecule has 1 N–H and O–H groups in total. The van der Waals surface area contributed by atoms with E-state index in [9.17, 15) is 0 Å². The summed E-state index contributed by atoms with van der Waals surface area (Å²) in [4.78, 5) is 6.58. The lowest BCUT2D eigenvalue weighted by atomic mass is 10.2. The van der Waals surface area contributed by atoms with Crippen molar-refractivity contribution in [1.29, 1.82) is 0 Å². The van der Waals surface area contributed by atoms with E-state index in [1.807, 2.05) is 26.2 Å². The molecule has 0 unspecified atom stereocenters. The molecular weight excluding hydrogens is 242 g/mol. The van der Waals surface area contributed by atoms with E-state index in [4.69, 9.17) is 9.47 Å². The molecule has 0 fully saturated rings.